The minimum absolute atomic E-state index is 0.147. The molecule has 0 fully saturated rings. The van der Waals surface area contributed by atoms with E-state index in [1.54, 1.807) is 5.01 Å². The van der Waals surface area contributed by atoms with Crippen molar-refractivity contribution in [3.63, 3.8) is 0 Å². The van der Waals surface area contributed by atoms with E-state index in [0.29, 0.717) is 0 Å². The van der Waals surface area contributed by atoms with Crippen LogP contribution in [-0.4, -0.2) is 10.3 Å². The highest BCUT2D eigenvalue weighted by Gasteiger charge is 2.17. The summed E-state index contributed by atoms with van der Waals surface area (Å²) in [4.78, 5) is 11.5. The van der Waals surface area contributed by atoms with Crippen LogP contribution in [0.4, 0.5) is 11.4 Å². The van der Waals surface area contributed by atoms with Gasteiger partial charge in [-0.2, -0.15) is 4.41 Å². The van der Waals surface area contributed by atoms with Gasteiger partial charge in [-0.3, -0.25) is 4.79 Å². The standard InChI is InChI=1S/C14H14N2OS/c1-12(17)16(18)15(13-8-4-2-5-9-13)14-10-6-3-7-11-14/h2-11,18H,1H3. The van der Waals surface area contributed by atoms with E-state index in [1.165, 1.54) is 11.3 Å². The molecule has 92 valence electrons. The summed E-state index contributed by atoms with van der Waals surface area (Å²) in [5.74, 6) is -0.147. The van der Waals surface area contributed by atoms with E-state index in [4.69, 9.17) is 0 Å². The molecule has 0 aliphatic rings. The van der Waals surface area contributed by atoms with Crippen molar-refractivity contribution >= 4 is 30.1 Å². The lowest BCUT2D eigenvalue weighted by Crippen LogP contribution is -2.35. The Kier molecular flexibility index (Phi) is 3.89. The molecule has 18 heavy (non-hydrogen) atoms. The van der Waals surface area contributed by atoms with Gasteiger partial charge >= 0.3 is 0 Å². The summed E-state index contributed by atoms with van der Waals surface area (Å²) in [6, 6.07) is 19.3. The lowest BCUT2D eigenvalue weighted by atomic mass is 10.2. The predicted octanol–water partition coefficient (Wildman–Crippen LogP) is 3.43. The van der Waals surface area contributed by atoms with Crippen LogP contribution in [0.3, 0.4) is 0 Å². The van der Waals surface area contributed by atoms with Gasteiger partial charge < -0.3 is 0 Å². The van der Waals surface area contributed by atoms with E-state index in [1.807, 2.05) is 60.7 Å². The van der Waals surface area contributed by atoms with Gasteiger partial charge in [-0.05, 0) is 37.1 Å². The number of hydrogen-bond acceptors (Lipinski definition) is 3. The smallest absolute Gasteiger partial charge is 0.248 e. The predicted molar refractivity (Wildman–Crippen MR) is 76.5 cm³/mol. The molecule has 0 bridgehead atoms. The summed E-state index contributed by atoms with van der Waals surface area (Å²) in [6.45, 7) is 1.48. The van der Waals surface area contributed by atoms with Crippen LogP contribution in [0.25, 0.3) is 0 Å². The second-order valence-electron chi connectivity index (χ2n) is 3.79. The molecule has 2 aromatic rings. The number of hydrazine groups is 1. The van der Waals surface area contributed by atoms with E-state index >= 15 is 0 Å². The fraction of sp³-hybridized carbons (Fsp3) is 0.0714. The average molecular weight is 258 g/mol. The molecule has 2 rings (SSSR count). The van der Waals surface area contributed by atoms with Gasteiger partial charge in [0.05, 0.1) is 11.4 Å². The number of thiol groups is 1. The molecule has 2 aromatic carbocycles. The molecule has 0 aliphatic carbocycles. The summed E-state index contributed by atoms with van der Waals surface area (Å²) >= 11 is 4.25. The first kappa shape index (κ1) is 12.5. The summed E-state index contributed by atoms with van der Waals surface area (Å²) < 4.78 is 1.30. The van der Waals surface area contributed by atoms with Gasteiger partial charge in [0.2, 0.25) is 5.91 Å². The van der Waals surface area contributed by atoms with Crippen LogP contribution in [0.2, 0.25) is 0 Å². The van der Waals surface area contributed by atoms with Gasteiger partial charge in [0.25, 0.3) is 0 Å². The second-order valence-corrected chi connectivity index (χ2v) is 4.17. The number of carbonyl (C=O) groups excluding carboxylic acids is 1. The zero-order valence-electron chi connectivity index (χ0n) is 10.0. The topological polar surface area (TPSA) is 23.6 Å². The summed E-state index contributed by atoms with van der Waals surface area (Å²) in [5.41, 5.74) is 1.77. The van der Waals surface area contributed by atoms with Gasteiger partial charge in [-0.25, -0.2) is 5.01 Å². The van der Waals surface area contributed by atoms with Crippen molar-refractivity contribution in [3.8, 4) is 0 Å². The fourth-order valence-electron chi connectivity index (χ4n) is 1.65. The minimum atomic E-state index is -0.147. The normalized spacial score (nSPS) is 9.89. The fourth-order valence-corrected chi connectivity index (χ4v) is 1.85. The van der Waals surface area contributed by atoms with Crippen LogP contribution in [0.5, 0.6) is 0 Å². The highest BCUT2D eigenvalue weighted by atomic mass is 32.1. The SMILES string of the molecule is CC(=O)N(S)N(c1ccccc1)c1ccccc1. The highest BCUT2D eigenvalue weighted by Crippen LogP contribution is 2.27. The zero-order chi connectivity index (χ0) is 13.0. The summed E-state index contributed by atoms with van der Waals surface area (Å²) in [7, 11) is 0. The number of nitrogens with zero attached hydrogens (tertiary/aromatic N) is 2. The van der Waals surface area contributed by atoms with Crippen LogP contribution in [0.1, 0.15) is 6.92 Å². The molecule has 3 nitrogen and oxygen atoms in total. The number of amides is 1. The first-order valence-corrected chi connectivity index (χ1v) is 6.00. The molecule has 0 saturated carbocycles. The third-order valence-electron chi connectivity index (χ3n) is 2.47. The summed E-state index contributed by atoms with van der Waals surface area (Å²) in [5, 5.41) is 1.76. The maximum atomic E-state index is 11.5. The molecule has 0 aromatic heterocycles. The summed E-state index contributed by atoms with van der Waals surface area (Å²) in [6.07, 6.45) is 0. The van der Waals surface area contributed by atoms with E-state index in [2.05, 4.69) is 12.8 Å². The van der Waals surface area contributed by atoms with Crippen molar-refractivity contribution in [2.24, 2.45) is 0 Å². The molecule has 1 amide bonds. The van der Waals surface area contributed by atoms with E-state index < -0.39 is 0 Å². The van der Waals surface area contributed by atoms with Crippen LogP contribution in [0, 0.1) is 0 Å². The first-order chi connectivity index (χ1) is 8.70. The number of anilines is 2. The highest BCUT2D eigenvalue weighted by molar-refractivity contribution is 7.78. The number of para-hydroxylation sites is 2. The Hall–Kier alpha value is -1.94. The molecular weight excluding hydrogens is 244 g/mol. The number of hydrogen-bond donors (Lipinski definition) is 1. The van der Waals surface area contributed by atoms with Gasteiger partial charge in [-0.15, -0.1) is 0 Å². The van der Waals surface area contributed by atoms with Crippen molar-refractivity contribution in [2.75, 3.05) is 5.01 Å². The molecule has 0 heterocycles. The van der Waals surface area contributed by atoms with Gasteiger partial charge in [-0.1, -0.05) is 36.4 Å². The Morgan fingerprint density at radius 3 is 1.61 bits per heavy atom. The third-order valence-corrected chi connectivity index (χ3v) is 2.93. The van der Waals surface area contributed by atoms with E-state index in [-0.39, 0.29) is 5.91 Å². The molecule has 0 unspecified atom stereocenters. The molecule has 0 atom stereocenters. The molecule has 4 heteroatoms. The van der Waals surface area contributed by atoms with Crippen molar-refractivity contribution in [1.82, 2.24) is 4.41 Å². The second kappa shape index (κ2) is 5.60. The molecule has 0 N–H and O–H groups in total. The molecule has 0 saturated heterocycles. The molecule has 0 radical (unpaired) electrons. The Morgan fingerprint density at radius 2 is 1.28 bits per heavy atom. The average Bonchev–Trinajstić information content (AvgIpc) is 2.41. The van der Waals surface area contributed by atoms with Crippen molar-refractivity contribution in [1.29, 1.82) is 0 Å². The number of carbonyl (C=O) groups is 1. The van der Waals surface area contributed by atoms with Crippen LogP contribution < -0.4 is 5.01 Å². The number of rotatable bonds is 3. The lowest BCUT2D eigenvalue weighted by Gasteiger charge is -2.31. The monoisotopic (exact) mass is 258 g/mol. The Labute approximate surface area is 112 Å². The first-order valence-electron chi connectivity index (χ1n) is 5.60. The van der Waals surface area contributed by atoms with Crippen molar-refractivity contribution < 1.29 is 4.79 Å². The maximum absolute atomic E-state index is 11.5. The Bertz CT molecular complexity index is 476. The van der Waals surface area contributed by atoms with Crippen LogP contribution in [-0.2, 0) is 4.79 Å². The minimum Gasteiger partial charge on any atom is -0.272 e. The lowest BCUT2D eigenvalue weighted by molar-refractivity contribution is -0.123. The van der Waals surface area contributed by atoms with Gasteiger partial charge in [0.15, 0.2) is 0 Å². The molecule has 0 spiro atoms. The molecular formula is C14H14N2OS. The van der Waals surface area contributed by atoms with Gasteiger partial charge in [0, 0.05) is 6.92 Å². The van der Waals surface area contributed by atoms with Crippen LogP contribution >= 0.6 is 12.8 Å². The van der Waals surface area contributed by atoms with E-state index in [9.17, 15) is 4.79 Å². The largest absolute Gasteiger partial charge is 0.272 e. The van der Waals surface area contributed by atoms with Crippen LogP contribution in [0.15, 0.2) is 60.7 Å². The van der Waals surface area contributed by atoms with E-state index in [0.717, 1.165) is 11.4 Å². The molecule has 0 aliphatic heterocycles. The maximum Gasteiger partial charge on any atom is 0.248 e. The number of benzene rings is 2. The Morgan fingerprint density at radius 1 is 0.889 bits per heavy atom. The third kappa shape index (κ3) is 2.65. The van der Waals surface area contributed by atoms with Crippen molar-refractivity contribution in [2.45, 2.75) is 6.92 Å². The quantitative estimate of drug-likeness (QED) is 0.673. The zero-order valence-corrected chi connectivity index (χ0v) is 10.9. The van der Waals surface area contributed by atoms with Gasteiger partial charge in [0.1, 0.15) is 0 Å². The van der Waals surface area contributed by atoms with Crippen molar-refractivity contribution in [3.05, 3.63) is 60.7 Å². The Balaban J connectivity index is 2.45.